The SMILES string of the molecule is Cc1ccc(Sc2nc(Cl)nc(-n3ccnc3)n2)cc1C. The van der Waals surface area contributed by atoms with E-state index in [0.717, 1.165) is 4.90 Å². The molecular weight excluding hydrogens is 306 g/mol. The predicted octanol–water partition coefficient (Wildman–Crippen LogP) is 3.48. The van der Waals surface area contributed by atoms with Crippen molar-refractivity contribution in [2.45, 2.75) is 23.9 Å². The van der Waals surface area contributed by atoms with Crippen LogP contribution in [-0.2, 0) is 0 Å². The van der Waals surface area contributed by atoms with Crippen LogP contribution in [0.15, 0.2) is 47.0 Å². The molecule has 3 rings (SSSR count). The minimum Gasteiger partial charge on any atom is -0.274 e. The maximum Gasteiger partial charge on any atom is 0.240 e. The molecule has 0 atom stereocenters. The summed E-state index contributed by atoms with van der Waals surface area (Å²) in [4.78, 5) is 17.7. The Morgan fingerprint density at radius 3 is 2.67 bits per heavy atom. The number of halogens is 1. The van der Waals surface area contributed by atoms with Gasteiger partial charge in [0.05, 0.1) is 0 Å². The van der Waals surface area contributed by atoms with Gasteiger partial charge in [-0.2, -0.15) is 15.0 Å². The quantitative estimate of drug-likeness (QED) is 0.740. The molecular formula is C14H12ClN5S. The third kappa shape index (κ3) is 3.22. The van der Waals surface area contributed by atoms with E-state index >= 15 is 0 Å². The third-order valence-corrected chi connectivity index (χ3v) is 4.02. The van der Waals surface area contributed by atoms with Crippen LogP contribution >= 0.6 is 23.4 Å². The number of aryl methyl sites for hydroxylation is 2. The van der Waals surface area contributed by atoms with Crippen molar-refractivity contribution in [1.82, 2.24) is 24.5 Å². The van der Waals surface area contributed by atoms with Crippen LogP contribution < -0.4 is 0 Å². The fourth-order valence-corrected chi connectivity index (χ4v) is 2.79. The minimum absolute atomic E-state index is 0.167. The Labute approximate surface area is 131 Å². The Morgan fingerprint density at radius 2 is 1.95 bits per heavy atom. The molecule has 1 aromatic carbocycles. The maximum absolute atomic E-state index is 5.98. The molecule has 0 aliphatic carbocycles. The molecule has 2 aromatic heterocycles. The zero-order chi connectivity index (χ0) is 14.8. The van der Waals surface area contributed by atoms with Crippen molar-refractivity contribution in [2.75, 3.05) is 0 Å². The first kappa shape index (κ1) is 14.0. The predicted molar refractivity (Wildman–Crippen MR) is 82.0 cm³/mol. The largest absolute Gasteiger partial charge is 0.274 e. The second-order valence-corrected chi connectivity index (χ2v) is 5.88. The van der Waals surface area contributed by atoms with E-state index in [1.54, 1.807) is 23.3 Å². The van der Waals surface area contributed by atoms with Gasteiger partial charge >= 0.3 is 0 Å². The fourth-order valence-electron chi connectivity index (χ4n) is 1.74. The molecule has 0 bridgehead atoms. The lowest BCUT2D eigenvalue weighted by Gasteiger charge is -2.06. The van der Waals surface area contributed by atoms with E-state index in [0.29, 0.717) is 11.1 Å². The van der Waals surface area contributed by atoms with Crippen LogP contribution in [-0.4, -0.2) is 24.5 Å². The Morgan fingerprint density at radius 1 is 1.10 bits per heavy atom. The number of rotatable bonds is 3. The molecule has 0 saturated heterocycles. The Bertz CT molecular complexity index is 773. The van der Waals surface area contributed by atoms with Gasteiger partial charge in [0.2, 0.25) is 11.2 Å². The van der Waals surface area contributed by atoms with E-state index in [4.69, 9.17) is 11.6 Å². The summed E-state index contributed by atoms with van der Waals surface area (Å²) < 4.78 is 1.69. The third-order valence-electron chi connectivity index (χ3n) is 3.00. The second-order valence-electron chi connectivity index (χ2n) is 4.51. The minimum atomic E-state index is 0.167. The molecule has 106 valence electrons. The molecule has 3 aromatic rings. The van der Waals surface area contributed by atoms with Crippen LogP contribution in [0.3, 0.4) is 0 Å². The summed E-state index contributed by atoms with van der Waals surface area (Å²) in [6.07, 6.45) is 5.04. The molecule has 0 aliphatic heterocycles. The Balaban J connectivity index is 1.93. The first-order chi connectivity index (χ1) is 10.1. The zero-order valence-corrected chi connectivity index (χ0v) is 13.1. The van der Waals surface area contributed by atoms with E-state index in [1.807, 2.05) is 6.07 Å². The summed E-state index contributed by atoms with van der Waals surface area (Å²) in [6.45, 7) is 4.16. The number of hydrogen-bond acceptors (Lipinski definition) is 5. The maximum atomic E-state index is 5.98. The van der Waals surface area contributed by atoms with Crippen molar-refractivity contribution >= 4 is 23.4 Å². The smallest absolute Gasteiger partial charge is 0.240 e. The lowest BCUT2D eigenvalue weighted by Crippen LogP contribution is -2.02. The molecule has 0 spiro atoms. The van der Waals surface area contributed by atoms with E-state index in [-0.39, 0.29) is 5.28 Å². The van der Waals surface area contributed by atoms with Gasteiger partial charge in [-0.05, 0) is 60.5 Å². The number of hydrogen-bond donors (Lipinski definition) is 0. The van der Waals surface area contributed by atoms with Gasteiger partial charge in [0.15, 0.2) is 5.16 Å². The van der Waals surface area contributed by atoms with E-state index in [9.17, 15) is 0 Å². The van der Waals surface area contributed by atoms with E-state index in [2.05, 4.69) is 45.9 Å². The highest BCUT2D eigenvalue weighted by Gasteiger charge is 2.08. The average molecular weight is 318 g/mol. The van der Waals surface area contributed by atoms with Crippen molar-refractivity contribution < 1.29 is 0 Å². The lowest BCUT2D eigenvalue weighted by atomic mass is 10.1. The van der Waals surface area contributed by atoms with Crippen LogP contribution in [0, 0.1) is 13.8 Å². The van der Waals surface area contributed by atoms with Crippen molar-refractivity contribution in [3.05, 3.63) is 53.3 Å². The second kappa shape index (κ2) is 5.83. The monoisotopic (exact) mass is 317 g/mol. The molecule has 0 amide bonds. The van der Waals surface area contributed by atoms with Crippen LogP contribution in [0.5, 0.6) is 0 Å². The first-order valence-corrected chi connectivity index (χ1v) is 7.46. The van der Waals surface area contributed by atoms with Crippen molar-refractivity contribution in [2.24, 2.45) is 0 Å². The topological polar surface area (TPSA) is 56.5 Å². The number of nitrogens with zero attached hydrogens (tertiary/aromatic N) is 5. The standard InChI is InChI=1S/C14H12ClN5S/c1-9-3-4-11(7-10(9)2)21-14-18-12(15)17-13(19-14)20-6-5-16-8-20/h3-8H,1-2H3. The number of aromatic nitrogens is 5. The molecule has 2 heterocycles. The van der Waals surface area contributed by atoms with Crippen molar-refractivity contribution in [1.29, 1.82) is 0 Å². The zero-order valence-electron chi connectivity index (χ0n) is 11.5. The molecule has 5 nitrogen and oxygen atoms in total. The highest BCUT2D eigenvalue weighted by molar-refractivity contribution is 7.99. The Hall–Kier alpha value is -1.92. The summed E-state index contributed by atoms with van der Waals surface area (Å²) in [5.74, 6) is 0.457. The van der Waals surface area contributed by atoms with E-state index in [1.165, 1.54) is 22.9 Å². The van der Waals surface area contributed by atoms with Gasteiger partial charge in [-0.15, -0.1) is 0 Å². The molecule has 21 heavy (non-hydrogen) atoms. The van der Waals surface area contributed by atoms with Crippen molar-refractivity contribution in [3.8, 4) is 5.95 Å². The normalized spacial score (nSPS) is 10.8. The van der Waals surface area contributed by atoms with Crippen LogP contribution in [0.2, 0.25) is 5.28 Å². The summed E-state index contributed by atoms with van der Waals surface area (Å²) in [5.41, 5.74) is 2.49. The summed E-state index contributed by atoms with van der Waals surface area (Å²) in [7, 11) is 0. The molecule has 0 radical (unpaired) electrons. The molecule has 0 saturated carbocycles. The molecule has 0 fully saturated rings. The lowest BCUT2D eigenvalue weighted by molar-refractivity contribution is 0.823. The Kier molecular flexibility index (Phi) is 3.90. The van der Waals surface area contributed by atoms with Gasteiger partial charge in [0.1, 0.15) is 6.33 Å². The summed E-state index contributed by atoms with van der Waals surface area (Å²) >= 11 is 7.44. The summed E-state index contributed by atoms with van der Waals surface area (Å²) in [5, 5.41) is 0.724. The van der Waals surface area contributed by atoms with Gasteiger partial charge in [-0.25, -0.2) is 4.98 Å². The van der Waals surface area contributed by atoms with E-state index < -0.39 is 0 Å². The highest BCUT2D eigenvalue weighted by atomic mass is 35.5. The molecule has 0 unspecified atom stereocenters. The fraction of sp³-hybridized carbons (Fsp3) is 0.143. The van der Waals surface area contributed by atoms with Gasteiger partial charge in [0, 0.05) is 17.3 Å². The number of imidazole rings is 1. The van der Waals surface area contributed by atoms with Crippen LogP contribution in [0.1, 0.15) is 11.1 Å². The summed E-state index contributed by atoms with van der Waals surface area (Å²) in [6, 6.07) is 6.23. The molecule has 0 N–H and O–H groups in total. The molecule has 0 aliphatic rings. The average Bonchev–Trinajstić information content (AvgIpc) is 2.96. The van der Waals surface area contributed by atoms with Gasteiger partial charge in [0.25, 0.3) is 0 Å². The van der Waals surface area contributed by atoms with Crippen LogP contribution in [0.25, 0.3) is 5.95 Å². The van der Waals surface area contributed by atoms with Gasteiger partial charge in [-0.3, -0.25) is 4.57 Å². The van der Waals surface area contributed by atoms with Crippen molar-refractivity contribution in [3.63, 3.8) is 0 Å². The number of benzene rings is 1. The van der Waals surface area contributed by atoms with Gasteiger partial charge in [-0.1, -0.05) is 6.07 Å². The molecule has 7 heteroatoms. The van der Waals surface area contributed by atoms with Crippen LogP contribution in [0.4, 0.5) is 0 Å². The first-order valence-electron chi connectivity index (χ1n) is 6.27. The van der Waals surface area contributed by atoms with Gasteiger partial charge < -0.3 is 0 Å². The highest BCUT2D eigenvalue weighted by Crippen LogP contribution is 2.27.